The van der Waals surface area contributed by atoms with Crippen LogP contribution < -0.4 is 19.5 Å². The van der Waals surface area contributed by atoms with Crippen LogP contribution in [0, 0.1) is 0 Å². The predicted octanol–water partition coefficient (Wildman–Crippen LogP) is 2.49. The summed E-state index contributed by atoms with van der Waals surface area (Å²) in [7, 11) is 1.57. The van der Waals surface area contributed by atoms with Crippen molar-refractivity contribution in [3.8, 4) is 17.2 Å². The number of hydrogen-bond acceptors (Lipinski definition) is 5. The number of aliphatic carboxylic acids is 1. The first-order valence-electron chi connectivity index (χ1n) is 8.06. The van der Waals surface area contributed by atoms with Gasteiger partial charge in [-0.15, -0.1) is 0 Å². The van der Waals surface area contributed by atoms with E-state index in [0.717, 1.165) is 5.56 Å². The van der Waals surface area contributed by atoms with Gasteiger partial charge < -0.3 is 24.6 Å². The monoisotopic (exact) mass is 359 g/mol. The second-order valence-corrected chi connectivity index (χ2v) is 5.31. The molecule has 0 aliphatic carbocycles. The highest BCUT2D eigenvalue weighted by Gasteiger charge is 2.09. The first-order chi connectivity index (χ1) is 12.5. The molecule has 2 rings (SSSR count). The number of hydrogen-bond donors (Lipinski definition) is 2. The van der Waals surface area contributed by atoms with E-state index in [4.69, 9.17) is 19.3 Å². The van der Waals surface area contributed by atoms with Crippen LogP contribution in [0.2, 0.25) is 0 Å². The Bertz CT molecular complexity index is 774. The topological polar surface area (TPSA) is 94.1 Å². The lowest BCUT2D eigenvalue weighted by Gasteiger charge is -2.12. The summed E-state index contributed by atoms with van der Waals surface area (Å²) >= 11 is 0. The summed E-state index contributed by atoms with van der Waals surface area (Å²) in [6.45, 7) is 2.24. The van der Waals surface area contributed by atoms with Crippen molar-refractivity contribution in [1.29, 1.82) is 0 Å². The maximum atomic E-state index is 12.3. The van der Waals surface area contributed by atoms with Crippen LogP contribution in [0.5, 0.6) is 17.2 Å². The lowest BCUT2D eigenvalue weighted by atomic mass is 10.1. The van der Waals surface area contributed by atoms with Crippen LogP contribution in [0.15, 0.2) is 42.5 Å². The highest BCUT2D eigenvalue weighted by molar-refractivity contribution is 5.94. The van der Waals surface area contributed by atoms with Crippen molar-refractivity contribution in [2.75, 3.05) is 20.3 Å². The van der Waals surface area contributed by atoms with E-state index in [1.807, 2.05) is 19.1 Å². The standard InChI is InChI=1S/C19H21NO6/c1-3-25-17-9-13(7-8-16(17)24-2)11-20-19(23)14-5-4-6-15(10-14)26-12-18(21)22/h4-10H,3,11-12H2,1-2H3,(H,20,23)(H,21,22). The Morgan fingerprint density at radius 3 is 2.58 bits per heavy atom. The molecule has 2 aromatic carbocycles. The Morgan fingerprint density at radius 2 is 1.88 bits per heavy atom. The summed E-state index contributed by atoms with van der Waals surface area (Å²) in [5.74, 6) is 0.197. The third-order valence-corrected chi connectivity index (χ3v) is 3.44. The van der Waals surface area contributed by atoms with E-state index in [1.165, 1.54) is 6.07 Å². The fourth-order valence-electron chi connectivity index (χ4n) is 2.26. The maximum Gasteiger partial charge on any atom is 0.341 e. The number of rotatable bonds is 9. The van der Waals surface area contributed by atoms with E-state index in [0.29, 0.717) is 36.0 Å². The first-order valence-corrected chi connectivity index (χ1v) is 8.06. The fourth-order valence-corrected chi connectivity index (χ4v) is 2.26. The molecule has 0 saturated heterocycles. The van der Waals surface area contributed by atoms with Crippen molar-refractivity contribution >= 4 is 11.9 Å². The summed E-state index contributed by atoms with van der Waals surface area (Å²) in [6.07, 6.45) is 0. The zero-order valence-corrected chi connectivity index (χ0v) is 14.7. The Hall–Kier alpha value is -3.22. The zero-order valence-electron chi connectivity index (χ0n) is 14.7. The Morgan fingerprint density at radius 1 is 1.08 bits per heavy atom. The molecule has 0 aliphatic rings. The molecule has 1 amide bonds. The predicted molar refractivity (Wildman–Crippen MR) is 94.9 cm³/mol. The summed E-state index contributed by atoms with van der Waals surface area (Å²) in [5.41, 5.74) is 1.24. The molecular formula is C19H21NO6. The number of benzene rings is 2. The van der Waals surface area contributed by atoms with Crippen molar-refractivity contribution in [3.05, 3.63) is 53.6 Å². The van der Waals surface area contributed by atoms with Crippen molar-refractivity contribution < 1.29 is 28.9 Å². The minimum Gasteiger partial charge on any atom is -0.493 e. The van der Waals surface area contributed by atoms with Crippen LogP contribution in [-0.4, -0.2) is 37.3 Å². The third-order valence-electron chi connectivity index (χ3n) is 3.44. The molecule has 0 unspecified atom stereocenters. The van der Waals surface area contributed by atoms with E-state index in [9.17, 15) is 9.59 Å². The van der Waals surface area contributed by atoms with E-state index in [1.54, 1.807) is 31.4 Å². The number of amides is 1. The van der Waals surface area contributed by atoms with E-state index >= 15 is 0 Å². The van der Waals surface area contributed by atoms with Gasteiger partial charge in [0.2, 0.25) is 0 Å². The highest BCUT2D eigenvalue weighted by atomic mass is 16.5. The fraction of sp³-hybridized carbons (Fsp3) is 0.263. The molecule has 0 spiro atoms. The molecule has 7 nitrogen and oxygen atoms in total. The molecule has 7 heteroatoms. The number of methoxy groups -OCH3 is 1. The molecule has 0 saturated carbocycles. The molecule has 0 aliphatic heterocycles. The molecule has 138 valence electrons. The second kappa shape index (κ2) is 9.31. The normalized spacial score (nSPS) is 10.1. The van der Waals surface area contributed by atoms with Gasteiger partial charge in [0.05, 0.1) is 13.7 Å². The Kier molecular flexibility index (Phi) is 6.84. The largest absolute Gasteiger partial charge is 0.493 e. The van der Waals surface area contributed by atoms with Crippen LogP contribution in [0.25, 0.3) is 0 Å². The van der Waals surface area contributed by atoms with Crippen LogP contribution in [0.4, 0.5) is 0 Å². The summed E-state index contributed by atoms with van der Waals surface area (Å²) in [4.78, 5) is 22.9. The zero-order chi connectivity index (χ0) is 18.9. The van der Waals surface area contributed by atoms with Gasteiger partial charge in [-0.1, -0.05) is 12.1 Å². The molecule has 0 heterocycles. The van der Waals surface area contributed by atoms with E-state index < -0.39 is 12.6 Å². The number of carbonyl (C=O) groups is 2. The van der Waals surface area contributed by atoms with Crippen molar-refractivity contribution in [2.24, 2.45) is 0 Å². The van der Waals surface area contributed by atoms with E-state index in [-0.39, 0.29) is 5.91 Å². The number of nitrogens with one attached hydrogen (secondary N) is 1. The minimum absolute atomic E-state index is 0.292. The van der Waals surface area contributed by atoms with Crippen LogP contribution in [0.3, 0.4) is 0 Å². The lowest BCUT2D eigenvalue weighted by Crippen LogP contribution is -2.22. The van der Waals surface area contributed by atoms with Crippen LogP contribution >= 0.6 is 0 Å². The summed E-state index contributed by atoms with van der Waals surface area (Å²) in [5, 5.41) is 11.4. The summed E-state index contributed by atoms with van der Waals surface area (Å²) < 4.78 is 15.8. The molecule has 0 fully saturated rings. The maximum absolute atomic E-state index is 12.3. The van der Waals surface area contributed by atoms with Gasteiger partial charge in [-0.3, -0.25) is 4.79 Å². The minimum atomic E-state index is -1.08. The highest BCUT2D eigenvalue weighted by Crippen LogP contribution is 2.28. The van der Waals surface area contributed by atoms with Crippen molar-refractivity contribution in [2.45, 2.75) is 13.5 Å². The SMILES string of the molecule is CCOc1cc(CNC(=O)c2cccc(OCC(=O)O)c2)ccc1OC. The molecule has 26 heavy (non-hydrogen) atoms. The van der Waals surface area contributed by atoms with Crippen molar-refractivity contribution in [3.63, 3.8) is 0 Å². The number of carboxylic acids is 1. The Labute approximate surface area is 151 Å². The molecule has 2 aromatic rings. The second-order valence-electron chi connectivity index (χ2n) is 5.31. The molecule has 0 bridgehead atoms. The molecule has 0 radical (unpaired) electrons. The van der Waals surface area contributed by atoms with Gasteiger partial charge >= 0.3 is 5.97 Å². The van der Waals surface area contributed by atoms with Gasteiger partial charge in [0.15, 0.2) is 18.1 Å². The van der Waals surface area contributed by atoms with Gasteiger partial charge in [0.25, 0.3) is 5.91 Å². The molecule has 0 aromatic heterocycles. The van der Waals surface area contributed by atoms with Gasteiger partial charge in [-0.05, 0) is 42.8 Å². The number of carboxylic acid groups (broad SMARTS) is 1. The van der Waals surface area contributed by atoms with Gasteiger partial charge in [-0.25, -0.2) is 4.79 Å². The number of ether oxygens (including phenoxy) is 3. The lowest BCUT2D eigenvalue weighted by molar-refractivity contribution is -0.139. The summed E-state index contributed by atoms with van der Waals surface area (Å²) in [6, 6.07) is 11.8. The quantitative estimate of drug-likeness (QED) is 0.714. The average Bonchev–Trinajstić information content (AvgIpc) is 2.65. The third kappa shape index (κ3) is 5.41. The smallest absolute Gasteiger partial charge is 0.341 e. The first kappa shape index (κ1) is 19.1. The van der Waals surface area contributed by atoms with Gasteiger partial charge in [-0.2, -0.15) is 0 Å². The molecule has 2 N–H and O–H groups in total. The Balaban J connectivity index is 2.01. The van der Waals surface area contributed by atoms with Crippen molar-refractivity contribution in [1.82, 2.24) is 5.32 Å². The van der Waals surface area contributed by atoms with Gasteiger partial charge in [0.1, 0.15) is 5.75 Å². The number of carbonyl (C=O) groups excluding carboxylic acids is 1. The van der Waals surface area contributed by atoms with Crippen LogP contribution in [-0.2, 0) is 11.3 Å². The van der Waals surface area contributed by atoms with Gasteiger partial charge in [0, 0.05) is 12.1 Å². The van der Waals surface area contributed by atoms with Crippen LogP contribution in [0.1, 0.15) is 22.8 Å². The molecule has 0 atom stereocenters. The van der Waals surface area contributed by atoms with E-state index in [2.05, 4.69) is 5.32 Å². The average molecular weight is 359 g/mol. The molecular weight excluding hydrogens is 338 g/mol.